The molecule has 1 aromatic carbocycles. The molecule has 0 aliphatic rings. The third kappa shape index (κ3) is 3.25. The SMILES string of the molecule is COc1ccc(OC)c(/C=C/[NH+]([O-])O)c1. The summed E-state index contributed by atoms with van der Waals surface area (Å²) in [5.41, 5.74) is 0.666. The highest BCUT2D eigenvalue weighted by Gasteiger charge is 2.02. The van der Waals surface area contributed by atoms with Crippen molar-refractivity contribution in [1.29, 1.82) is 0 Å². The van der Waals surface area contributed by atoms with Gasteiger partial charge in [-0.1, -0.05) is 0 Å². The Morgan fingerprint density at radius 2 is 2.07 bits per heavy atom. The molecule has 0 bridgehead atoms. The molecule has 0 saturated heterocycles. The van der Waals surface area contributed by atoms with Crippen LogP contribution >= 0.6 is 0 Å². The summed E-state index contributed by atoms with van der Waals surface area (Å²) in [5, 5.41) is 17.9. The van der Waals surface area contributed by atoms with Crippen LogP contribution in [0.1, 0.15) is 5.56 Å². The molecule has 5 nitrogen and oxygen atoms in total. The molecule has 0 aromatic heterocycles. The third-order valence-corrected chi connectivity index (χ3v) is 1.84. The maximum absolute atomic E-state index is 10.4. The molecular formula is C10H13NO4. The number of hydrogen-bond acceptors (Lipinski definition) is 4. The largest absolute Gasteiger partial charge is 0.595 e. The first-order valence-corrected chi connectivity index (χ1v) is 4.30. The predicted molar refractivity (Wildman–Crippen MR) is 54.7 cm³/mol. The molecule has 0 radical (unpaired) electrons. The Morgan fingerprint density at radius 3 is 2.60 bits per heavy atom. The van der Waals surface area contributed by atoms with Gasteiger partial charge in [0.1, 0.15) is 17.7 Å². The van der Waals surface area contributed by atoms with Gasteiger partial charge in [0.15, 0.2) is 0 Å². The molecule has 0 saturated carbocycles. The van der Waals surface area contributed by atoms with Gasteiger partial charge >= 0.3 is 0 Å². The van der Waals surface area contributed by atoms with Crippen LogP contribution in [0, 0.1) is 5.21 Å². The lowest BCUT2D eigenvalue weighted by Crippen LogP contribution is -2.99. The van der Waals surface area contributed by atoms with Gasteiger partial charge in [0.05, 0.1) is 14.2 Å². The molecule has 1 aromatic rings. The van der Waals surface area contributed by atoms with Gasteiger partial charge in [0.25, 0.3) is 0 Å². The first-order valence-electron chi connectivity index (χ1n) is 4.30. The van der Waals surface area contributed by atoms with Crippen molar-refractivity contribution >= 4 is 6.08 Å². The highest BCUT2D eigenvalue weighted by atomic mass is 16.8. The summed E-state index contributed by atoms with van der Waals surface area (Å²) < 4.78 is 10.1. The van der Waals surface area contributed by atoms with E-state index in [-0.39, 0.29) is 0 Å². The van der Waals surface area contributed by atoms with Crippen molar-refractivity contribution < 1.29 is 19.9 Å². The van der Waals surface area contributed by atoms with E-state index in [9.17, 15) is 5.21 Å². The second-order valence-electron chi connectivity index (χ2n) is 2.78. The maximum atomic E-state index is 10.4. The minimum absolute atomic E-state index is 0.605. The second-order valence-corrected chi connectivity index (χ2v) is 2.78. The topological polar surface area (TPSA) is 66.2 Å². The smallest absolute Gasteiger partial charge is 0.128 e. The number of benzene rings is 1. The molecule has 0 spiro atoms. The van der Waals surface area contributed by atoms with Gasteiger partial charge in [-0.25, -0.2) is 10.4 Å². The molecule has 0 aliphatic carbocycles. The van der Waals surface area contributed by atoms with Crippen molar-refractivity contribution in [2.75, 3.05) is 14.2 Å². The fourth-order valence-corrected chi connectivity index (χ4v) is 1.13. The number of hydroxylamine groups is 2. The standard InChI is InChI=1S/C10H13NO4/c1-14-9-3-4-10(15-2)8(7-9)5-6-11(12)13/h3-7,11-12H,1-2H3/b6-5+. The lowest BCUT2D eigenvalue weighted by Gasteiger charge is -2.08. The first-order chi connectivity index (χ1) is 7.17. The second kappa shape index (κ2) is 5.35. The monoisotopic (exact) mass is 211 g/mol. The van der Waals surface area contributed by atoms with Crippen LogP contribution in [0.15, 0.2) is 24.4 Å². The van der Waals surface area contributed by atoms with E-state index in [1.165, 1.54) is 13.2 Å². The van der Waals surface area contributed by atoms with Crippen molar-refractivity contribution in [3.63, 3.8) is 0 Å². The third-order valence-electron chi connectivity index (χ3n) is 1.84. The Kier molecular flexibility index (Phi) is 4.11. The fourth-order valence-electron chi connectivity index (χ4n) is 1.13. The summed E-state index contributed by atoms with van der Waals surface area (Å²) in [6.45, 7) is 0. The van der Waals surface area contributed by atoms with Crippen LogP contribution in [0.25, 0.3) is 6.08 Å². The number of methoxy groups -OCH3 is 2. The van der Waals surface area contributed by atoms with E-state index in [1.807, 2.05) is 0 Å². The lowest BCUT2D eigenvalue weighted by atomic mass is 10.2. The molecule has 15 heavy (non-hydrogen) atoms. The van der Waals surface area contributed by atoms with Gasteiger partial charge in [-0.15, -0.1) is 0 Å². The molecule has 0 heterocycles. The molecule has 2 N–H and O–H groups in total. The lowest BCUT2D eigenvalue weighted by molar-refractivity contribution is -1.00. The zero-order valence-electron chi connectivity index (χ0n) is 8.56. The first kappa shape index (κ1) is 11.5. The highest BCUT2D eigenvalue weighted by Crippen LogP contribution is 2.24. The normalized spacial score (nSPS) is 12.8. The van der Waals surface area contributed by atoms with Crippen LogP contribution in [0.4, 0.5) is 0 Å². The molecular weight excluding hydrogens is 198 g/mol. The number of nitrogens with one attached hydrogen (secondary N) is 1. The average molecular weight is 211 g/mol. The predicted octanol–water partition coefficient (Wildman–Crippen LogP) is 0.446. The van der Waals surface area contributed by atoms with Crippen molar-refractivity contribution in [3.05, 3.63) is 35.2 Å². The summed E-state index contributed by atoms with van der Waals surface area (Å²) in [5.74, 6) is 1.26. The molecule has 0 amide bonds. The van der Waals surface area contributed by atoms with E-state index < -0.39 is 5.23 Å². The van der Waals surface area contributed by atoms with Crippen LogP contribution in [-0.2, 0) is 0 Å². The highest BCUT2D eigenvalue weighted by molar-refractivity contribution is 5.58. The number of hydrogen-bond donors (Lipinski definition) is 2. The van der Waals surface area contributed by atoms with Crippen LogP contribution in [0.3, 0.4) is 0 Å². The average Bonchev–Trinajstić information content (AvgIpc) is 2.25. The number of ether oxygens (including phenoxy) is 2. The molecule has 1 unspecified atom stereocenters. The molecule has 1 atom stereocenters. The van der Waals surface area contributed by atoms with Gasteiger partial charge in [-0.3, -0.25) is 0 Å². The van der Waals surface area contributed by atoms with E-state index in [0.29, 0.717) is 17.1 Å². The van der Waals surface area contributed by atoms with Gasteiger partial charge in [0.2, 0.25) is 0 Å². The molecule has 5 heteroatoms. The van der Waals surface area contributed by atoms with E-state index in [0.717, 1.165) is 6.20 Å². The Hall–Kier alpha value is -1.56. The summed E-state index contributed by atoms with van der Waals surface area (Å²) in [6, 6.07) is 5.18. The molecule has 0 aliphatic heterocycles. The van der Waals surface area contributed by atoms with Gasteiger partial charge in [-0.05, 0) is 18.2 Å². The molecule has 0 fully saturated rings. The zero-order valence-corrected chi connectivity index (χ0v) is 8.56. The maximum Gasteiger partial charge on any atom is 0.128 e. The summed E-state index contributed by atoms with van der Waals surface area (Å²) in [4.78, 5) is 0. The summed E-state index contributed by atoms with van der Waals surface area (Å²) >= 11 is 0. The van der Waals surface area contributed by atoms with Crippen LogP contribution in [0.2, 0.25) is 0 Å². The zero-order chi connectivity index (χ0) is 11.3. The van der Waals surface area contributed by atoms with E-state index in [2.05, 4.69) is 0 Å². The molecule has 82 valence electrons. The fraction of sp³-hybridized carbons (Fsp3) is 0.200. The number of rotatable bonds is 4. The van der Waals surface area contributed by atoms with E-state index >= 15 is 0 Å². The Balaban J connectivity index is 3.01. The van der Waals surface area contributed by atoms with Crippen molar-refractivity contribution in [2.24, 2.45) is 0 Å². The van der Waals surface area contributed by atoms with E-state index in [4.69, 9.17) is 14.7 Å². The summed E-state index contributed by atoms with van der Waals surface area (Å²) in [6.07, 6.45) is 2.51. The minimum atomic E-state index is -1.00. The number of quaternary nitrogens is 1. The minimum Gasteiger partial charge on any atom is -0.595 e. The Bertz CT molecular complexity index is 349. The van der Waals surface area contributed by atoms with Crippen molar-refractivity contribution in [1.82, 2.24) is 0 Å². The van der Waals surface area contributed by atoms with Crippen LogP contribution in [-0.4, -0.2) is 19.4 Å². The summed E-state index contributed by atoms with van der Waals surface area (Å²) in [7, 11) is 3.08. The van der Waals surface area contributed by atoms with Crippen molar-refractivity contribution in [2.45, 2.75) is 0 Å². The van der Waals surface area contributed by atoms with Crippen molar-refractivity contribution in [3.8, 4) is 11.5 Å². The Morgan fingerprint density at radius 1 is 1.33 bits per heavy atom. The van der Waals surface area contributed by atoms with E-state index in [1.54, 1.807) is 25.3 Å². The van der Waals surface area contributed by atoms with Crippen LogP contribution < -0.4 is 14.7 Å². The quantitative estimate of drug-likeness (QED) is 0.709. The van der Waals surface area contributed by atoms with Gasteiger partial charge < -0.3 is 14.7 Å². The Labute approximate surface area is 87.7 Å². The molecule has 1 rings (SSSR count). The van der Waals surface area contributed by atoms with Gasteiger partial charge in [0, 0.05) is 11.6 Å². The van der Waals surface area contributed by atoms with Gasteiger partial charge in [-0.2, -0.15) is 0 Å². The van der Waals surface area contributed by atoms with Crippen LogP contribution in [0.5, 0.6) is 11.5 Å².